The van der Waals surface area contributed by atoms with Crippen LogP contribution in [0, 0.1) is 17.8 Å². The molecule has 7 atom stereocenters. The van der Waals surface area contributed by atoms with Crippen molar-refractivity contribution in [1.29, 1.82) is 0 Å². The average molecular weight is 511 g/mol. The molecular weight excluding hydrogens is 464 g/mol. The van der Waals surface area contributed by atoms with E-state index in [0.29, 0.717) is 11.8 Å². The normalized spacial score (nSPS) is 34.5. The van der Waals surface area contributed by atoms with Crippen LogP contribution in [0.3, 0.4) is 0 Å². The molecule has 2 saturated carbocycles. The van der Waals surface area contributed by atoms with Crippen LogP contribution in [0.15, 0.2) is 72.4 Å². The highest BCUT2D eigenvalue weighted by Crippen LogP contribution is 2.52. The first-order chi connectivity index (χ1) is 18.0. The molecule has 2 aliphatic heterocycles. The third kappa shape index (κ3) is 7.64. The summed E-state index contributed by atoms with van der Waals surface area (Å²) in [6, 6.07) is 0. The Morgan fingerprint density at radius 3 is 2.46 bits per heavy atom. The molecule has 2 saturated heterocycles. The van der Waals surface area contributed by atoms with Gasteiger partial charge in [0.1, 0.15) is 6.10 Å². The Hall–Kier alpha value is -1.76. The molecule has 2 aliphatic carbocycles. The van der Waals surface area contributed by atoms with Crippen LogP contribution < -0.4 is 0 Å². The van der Waals surface area contributed by atoms with Gasteiger partial charge >= 0.3 is 0 Å². The number of aliphatic hydroxyl groups is 1. The highest BCUT2D eigenvalue weighted by Gasteiger charge is 2.47. The number of allylic oxidation sites excluding steroid dienone is 4. The van der Waals surface area contributed by atoms with Gasteiger partial charge in [0.2, 0.25) is 0 Å². The van der Waals surface area contributed by atoms with Crippen molar-refractivity contribution in [3.63, 3.8) is 0 Å². The van der Waals surface area contributed by atoms with Gasteiger partial charge in [0.05, 0.1) is 12.7 Å². The molecule has 5 heteroatoms. The van der Waals surface area contributed by atoms with Crippen LogP contribution in [0.25, 0.3) is 0 Å². The zero-order chi connectivity index (χ0) is 26.2. The Kier molecular flexibility index (Phi) is 10.6. The van der Waals surface area contributed by atoms with Crippen LogP contribution in [-0.2, 0) is 18.9 Å². The Labute approximate surface area is 223 Å². The summed E-state index contributed by atoms with van der Waals surface area (Å²) in [7, 11) is 0. The van der Waals surface area contributed by atoms with E-state index in [1.54, 1.807) is 0 Å². The summed E-state index contributed by atoms with van der Waals surface area (Å²) in [5.41, 5.74) is 4.08. The van der Waals surface area contributed by atoms with Crippen LogP contribution in [0.2, 0.25) is 0 Å². The summed E-state index contributed by atoms with van der Waals surface area (Å²) in [5.74, 6) is 1.32. The lowest BCUT2D eigenvalue weighted by atomic mass is 9.89. The van der Waals surface area contributed by atoms with E-state index in [4.69, 9.17) is 18.9 Å². The van der Waals surface area contributed by atoms with Crippen LogP contribution in [0.1, 0.15) is 64.7 Å². The molecule has 2 unspecified atom stereocenters. The van der Waals surface area contributed by atoms with Gasteiger partial charge in [-0.15, -0.1) is 0 Å². The maximum absolute atomic E-state index is 9.46. The lowest BCUT2D eigenvalue weighted by Gasteiger charge is -2.30. The fraction of sp³-hybridized carbons (Fsp3) is 0.625. The van der Waals surface area contributed by atoms with Crippen LogP contribution in [0.5, 0.6) is 0 Å². The lowest BCUT2D eigenvalue weighted by molar-refractivity contribution is -0.193. The zero-order valence-electron chi connectivity index (χ0n) is 22.6. The van der Waals surface area contributed by atoms with E-state index in [-0.39, 0.29) is 37.3 Å². The summed E-state index contributed by atoms with van der Waals surface area (Å²) in [5, 5.41) is 9.46. The first kappa shape index (κ1) is 28.3. The van der Waals surface area contributed by atoms with Crippen LogP contribution in [0.4, 0.5) is 0 Å². The van der Waals surface area contributed by atoms with E-state index >= 15 is 0 Å². The van der Waals surface area contributed by atoms with Crippen molar-refractivity contribution in [2.75, 3.05) is 19.8 Å². The standard InChI is InChI=1S/C32H46O5/c1-5-22(2)18-23(3)24(4)29(36-31-10-6-8-16-34-31)13-12-27-28-20-25(14-15-33)19-26(28)21-30(27)37-32-11-7-9-17-35-32/h5,12-14,18,26-33H,1,3-4,6-11,15-17,19-21H2,2H3/t26-,27+,28-,29+,30+,31?,32?/m0/s1. The van der Waals surface area contributed by atoms with Crippen molar-refractivity contribution in [3.8, 4) is 0 Å². The van der Waals surface area contributed by atoms with E-state index in [0.717, 1.165) is 87.7 Å². The molecule has 5 nitrogen and oxygen atoms in total. The van der Waals surface area contributed by atoms with Crippen molar-refractivity contribution in [2.45, 2.75) is 89.5 Å². The third-order valence-corrected chi connectivity index (χ3v) is 8.36. The molecule has 4 fully saturated rings. The van der Waals surface area contributed by atoms with Crippen molar-refractivity contribution < 1.29 is 24.1 Å². The molecule has 2 heterocycles. The molecule has 4 aliphatic rings. The van der Waals surface area contributed by atoms with Gasteiger partial charge in [0.25, 0.3) is 0 Å². The second-order valence-corrected chi connectivity index (χ2v) is 11.0. The molecule has 37 heavy (non-hydrogen) atoms. The van der Waals surface area contributed by atoms with Crippen molar-refractivity contribution in [3.05, 3.63) is 72.4 Å². The Bertz CT molecular complexity index is 887. The van der Waals surface area contributed by atoms with Crippen molar-refractivity contribution in [2.24, 2.45) is 17.8 Å². The number of fused-ring (bicyclic) bond motifs is 1. The highest BCUT2D eigenvalue weighted by atomic mass is 16.7. The van der Waals surface area contributed by atoms with E-state index in [2.05, 4.69) is 31.9 Å². The predicted octanol–water partition coefficient (Wildman–Crippen LogP) is 6.58. The summed E-state index contributed by atoms with van der Waals surface area (Å²) >= 11 is 0. The SMILES string of the molecule is C=CC(C)=CC(=C)C(=C)[C@@H](C=C[C@@H]1[C@H]2CC(=CCO)C[C@H]2C[C@H]1OC1CCCCO1)OC1CCCCO1. The largest absolute Gasteiger partial charge is 0.392 e. The molecule has 4 rings (SSSR count). The molecule has 0 radical (unpaired) electrons. The van der Waals surface area contributed by atoms with Gasteiger partial charge in [-0.25, -0.2) is 0 Å². The van der Waals surface area contributed by atoms with Gasteiger partial charge in [-0.05, 0) is 87.7 Å². The fourth-order valence-corrected chi connectivity index (χ4v) is 6.27. The third-order valence-electron chi connectivity index (χ3n) is 8.36. The van der Waals surface area contributed by atoms with E-state index in [9.17, 15) is 5.11 Å². The van der Waals surface area contributed by atoms with Gasteiger partial charge in [0.15, 0.2) is 12.6 Å². The van der Waals surface area contributed by atoms with E-state index in [1.165, 1.54) is 5.57 Å². The molecule has 1 N–H and O–H groups in total. The summed E-state index contributed by atoms with van der Waals surface area (Å²) < 4.78 is 24.9. The lowest BCUT2D eigenvalue weighted by Crippen LogP contribution is -2.31. The number of aliphatic hydroxyl groups excluding tert-OH is 1. The molecule has 0 aromatic heterocycles. The molecule has 0 amide bonds. The molecule has 0 aromatic rings. The Morgan fingerprint density at radius 1 is 1.08 bits per heavy atom. The van der Waals surface area contributed by atoms with Gasteiger partial charge in [-0.2, -0.15) is 0 Å². The zero-order valence-corrected chi connectivity index (χ0v) is 22.6. The van der Waals surface area contributed by atoms with Gasteiger partial charge in [0, 0.05) is 19.1 Å². The maximum Gasteiger partial charge on any atom is 0.158 e. The number of hydrogen-bond donors (Lipinski definition) is 1. The second kappa shape index (κ2) is 13.9. The minimum Gasteiger partial charge on any atom is -0.392 e. The van der Waals surface area contributed by atoms with E-state index < -0.39 is 0 Å². The summed E-state index contributed by atoms with van der Waals surface area (Å²) in [6.07, 6.45) is 19.1. The number of hydrogen-bond acceptors (Lipinski definition) is 5. The van der Waals surface area contributed by atoms with Crippen molar-refractivity contribution >= 4 is 0 Å². The van der Waals surface area contributed by atoms with Crippen LogP contribution in [-0.4, -0.2) is 49.7 Å². The molecule has 0 spiro atoms. The monoisotopic (exact) mass is 510 g/mol. The van der Waals surface area contributed by atoms with Gasteiger partial charge in [-0.3, -0.25) is 0 Å². The predicted molar refractivity (Wildman–Crippen MR) is 148 cm³/mol. The minimum absolute atomic E-state index is 0.106. The van der Waals surface area contributed by atoms with Crippen molar-refractivity contribution in [1.82, 2.24) is 0 Å². The topological polar surface area (TPSA) is 57.2 Å². The smallest absolute Gasteiger partial charge is 0.158 e. The summed E-state index contributed by atoms with van der Waals surface area (Å²) in [6.45, 7) is 16.1. The minimum atomic E-state index is -0.330. The maximum atomic E-state index is 9.46. The first-order valence-electron chi connectivity index (χ1n) is 14.2. The summed E-state index contributed by atoms with van der Waals surface area (Å²) in [4.78, 5) is 0. The first-order valence-corrected chi connectivity index (χ1v) is 14.2. The van der Waals surface area contributed by atoms with Gasteiger partial charge in [-0.1, -0.05) is 61.3 Å². The molecular formula is C32H46O5. The van der Waals surface area contributed by atoms with Gasteiger partial charge < -0.3 is 24.1 Å². The molecule has 204 valence electrons. The average Bonchev–Trinajstić information content (AvgIpc) is 3.44. The quantitative estimate of drug-likeness (QED) is 0.251. The molecule has 0 bridgehead atoms. The fourth-order valence-electron chi connectivity index (χ4n) is 6.27. The highest BCUT2D eigenvalue weighted by molar-refractivity contribution is 5.43. The Morgan fingerprint density at radius 2 is 1.81 bits per heavy atom. The number of ether oxygens (including phenoxy) is 4. The van der Waals surface area contributed by atoms with E-state index in [1.807, 2.05) is 25.2 Å². The Balaban J connectivity index is 1.54. The second-order valence-electron chi connectivity index (χ2n) is 11.0. The van der Waals surface area contributed by atoms with Crippen LogP contribution >= 0.6 is 0 Å². The molecule has 0 aromatic carbocycles. The number of rotatable bonds is 11.